The summed E-state index contributed by atoms with van der Waals surface area (Å²) in [7, 11) is -4.87. The maximum atomic E-state index is 12.4. The van der Waals surface area contributed by atoms with Gasteiger partial charge in [0, 0.05) is 0 Å². The number of halogens is 6. The van der Waals surface area contributed by atoms with Gasteiger partial charge in [-0.25, -0.2) is 4.18 Å². The average molecular weight is 351 g/mol. The summed E-state index contributed by atoms with van der Waals surface area (Å²) in [6, 6.07) is 4.56. The molecule has 0 bridgehead atoms. The molecule has 0 spiro atoms. The second kappa shape index (κ2) is 6.05. The molecule has 0 saturated heterocycles. The second-order valence-corrected chi connectivity index (χ2v) is 5.96. The predicted octanol–water partition coefficient (Wildman–Crippen LogP) is 2.73. The molecule has 0 radical (unpaired) electrons. The van der Waals surface area contributed by atoms with E-state index in [9.17, 15) is 34.8 Å². The molecule has 0 saturated carbocycles. The van der Waals surface area contributed by atoms with Crippen molar-refractivity contribution < 1.29 is 38.9 Å². The first-order chi connectivity index (χ1) is 9.75. The second-order valence-electron chi connectivity index (χ2n) is 4.39. The minimum absolute atomic E-state index is 0.600. The normalized spacial score (nSPS) is 15.1. The molecule has 0 fully saturated rings. The van der Waals surface area contributed by atoms with E-state index in [0.29, 0.717) is 5.56 Å². The monoisotopic (exact) mass is 351 g/mol. The van der Waals surface area contributed by atoms with Gasteiger partial charge in [0.15, 0.2) is 5.92 Å². The van der Waals surface area contributed by atoms with Crippen molar-refractivity contribution in [1.29, 1.82) is 0 Å². The van der Waals surface area contributed by atoms with E-state index in [-0.39, 0.29) is 0 Å². The van der Waals surface area contributed by atoms with Crippen molar-refractivity contribution in [3.63, 3.8) is 0 Å². The third-order valence-electron chi connectivity index (χ3n) is 2.58. The molecule has 11 heteroatoms. The van der Waals surface area contributed by atoms with Gasteiger partial charge in [0.2, 0.25) is 0 Å². The molecule has 2 N–H and O–H groups in total. The van der Waals surface area contributed by atoms with Crippen LogP contribution in [0, 0.1) is 12.8 Å². The molecule has 1 rings (SSSR count). The van der Waals surface area contributed by atoms with E-state index in [4.69, 9.17) is 5.73 Å². The summed E-state index contributed by atoms with van der Waals surface area (Å²) in [6.45, 7) is 1.60. The molecule has 22 heavy (non-hydrogen) atoms. The van der Waals surface area contributed by atoms with Crippen LogP contribution in [0.1, 0.15) is 5.56 Å². The Bertz CT molecular complexity index is 594. The highest BCUT2D eigenvalue weighted by Gasteiger charge is 2.61. The first-order valence-electron chi connectivity index (χ1n) is 5.64. The van der Waals surface area contributed by atoms with Crippen LogP contribution in [0.5, 0.6) is 0 Å². The number of benzene rings is 1. The van der Waals surface area contributed by atoms with Gasteiger partial charge in [-0.05, 0) is 19.1 Å². The van der Waals surface area contributed by atoms with Crippen LogP contribution < -0.4 is 5.73 Å². The number of rotatable bonds is 4. The third kappa shape index (κ3) is 4.58. The van der Waals surface area contributed by atoms with E-state index in [1.54, 1.807) is 6.92 Å². The summed E-state index contributed by atoms with van der Waals surface area (Å²) in [5.41, 5.74) is 5.33. The highest BCUT2D eigenvalue weighted by atomic mass is 32.2. The van der Waals surface area contributed by atoms with Gasteiger partial charge in [-0.1, -0.05) is 17.7 Å². The van der Waals surface area contributed by atoms with Crippen LogP contribution in [0.3, 0.4) is 0 Å². The van der Waals surface area contributed by atoms with E-state index in [1.165, 1.54) is 12.1 Å². The van der Waals surface area contributed by atoms with Crippen LogP contribution in [0.15, 0.2) is 29.2 Å². The summed E-state index contributed by atoms with van der Waals surface area (Å²) < 4.78 is 102. The number of alkyl halides is 6. The van der Waals surface area contributed by atoms with Crippen molar-refractivity contribution >= 4 is 10.1 Å². The van der Waals surface area contributed by atoms with Gasteiger partial charge in [0.25, 0.3) is 10.1 Å². The van der Waals surface area contributed by atoms with Crippen LogP contribution in [-0.2, 0) is 14.3 Å². The number of aryl methyl sites for hydroxylation is 1. The summed E-state index contributed by atoms with van der Waals surface area (Å²) in [6.07, 6.45) is -14.8. The Hall–Kier alpha value is -1.33. The Kier molecular flexibility index (Phi) is 5.15. The lowest BCUT2D eigenvalue weighted by atomic mass is 10.1. The molecular formula is C11H11F6NO3S. The first-order valence-corrected chi connectivity index (χ1v) is 7.05. The van der Waals surface area contributed by atoms with E-state index in [2.05, 4.69) is 4.18 Å². The van der Waals surface area contributed by atoms with Gasteiger partial charge in [-0.2, -0.15) is 34.8 Å². The van der Waals surface area contributed by atoms with Gasteiger partial charge in [0.05, 0.1) is 4.90 Å². The van der Waals surface area contributed by atoms with E-state index >= 15 is 0 Å². The molecule has 0 aliphatic rings. The molecule has 1 atom stereocenters. The van der Waals surface area contributed by atoms with Crippen LogP contribution in [-0.4, -0.2) is 27.0 Å². The summed E-state index contributed by atoms with van der Waals surface area (Å²) >= 11 is 0. The Morgan fingerprint density at radius 3 is 1.77 bits per heavy atom. The zero-order valence-electron chi connectivity index (χ0n) is 10.9. The lowest BCUT2D eigenvalue weighted by Crippen LogP contribution is -2.50. The topological polar surface area (TPSA) is 69.4 Å². The average Bonchev–Trinajstić information content (AvgIpc) is 2.23. The smallest absolute Gasteiger partial charge is 0.304 e. The van der Waals surface area contributed by atoms with Crippen LogP contribution >= 0.6 is 0 Å². The van der Waals surface area contributed by atoms with Crippen LogP contribution in [0.4, 0.5) is 26.3 Å². The quantitative estimate of drug-likeness (QED) is 0.514. The zero-order chi connectivity index (χ0) is 17.3. The van der Waals surface area contributed by atoms with Gasteiger partial charge in [-0.3, -0.25) is 0 Å². The zero-order valence-corrected chi connectivity index (χ0v) is 11.8. The van der Waals surface area contributed by atoms with Crippen molar-refractivity contribution in [2.45, 2.75) is 30.4 Å². The largest absolute Gasteiger partial charge is 0.404 e. The maximum absolute atomic E-state index is 12.4. The van der Waals surface area contributed by atoms with Crippen molar-refractivity contribution in [3.05, 3.63) is 29.8 Å². The van der Waals surface area contributed by atoms with E-state index < -0.39 is 39.5 Å². The Labute approximate surface area is 122 Å². The van der Waals surface area contributed by atoms with Gasteiger partial charge >= 0.3 is 12.4 Å². The van der Waals surface area contributed by atoms with Gasteiger partial charge < -0.3 is 5.73 Å². The summed E-state index contributed by atoms with van der Waals surface area (Å²) in [4.78, 5) is -0.600. The van der Waals surface area contributed by atoms with E-state index in [0.717, 1.165) is 12.1 Å². The maximum Gasteiger partial charge on any atom is 0.404 e. The Morgan fingerprint density at radius 2 is 1.41 bits per heavy atom. The summed E-state index contributed by atoms with van der Waals surface area (Å²) in [5, 5.41) is 0. The lowest BCUT2D eigenvalue weighted by Gasteiger charge is -2.27. The molecule has 1 aromatic rings. The fraction of sp³-hybridized carbons (Fsp3) is 0.455. The fourth-order valence-electron chi connectivity index (χ4n) is 1.52. The molecule has 0 aliphatic carbocycles. The molecule has 0 heterocycles. The molecule has 0 aromatic heterocycles. The Morgan fingerprint density at radius 1 is 1.00 bits per heavy atom. The molecule has 1 aromatic carbocycles. The predicted molar refractivity (Wildman–Crippen MR) is 63.0 cm³/mol. The van der Waals surface area contributed by atoms with Crippen molar-refractivity contribution in [3.8, 4) is 0 Å². The number of hydrogen-bond donors (Lipinski definition) is 1. The molecule has 0 amide bonds. The Balaban J connectivity index is 3.08. The fourth-order valence-corrected chi connectivity index (χ4v) is 2.50. The number of nitrogens with two attached hydrogens (primary N) is 1. The van der Waals surface area contributed by atoms with Crippen molar-refractivity contribution in [2.24, 2.45) is 11.7 Å². The van der Waals surface area contributed by atoms with Crippen LogP contribution in [0.2, 0.25) is 0 Å². The highest BCUT2D eigenvalue weighted by Crippen LogP contribution is 2.41. The molecular weight excluding hydrogens is 340 g/mol. The summed E-state index contributed by atoms with van der Waals surface area (Å²) in [5.74, 6) is -4.12. The van der Waals surface area contributed by atoms with Gasteiger partial charge in [-0.15, -0.1) is 0 Å². The number of hydrogen-bond acceptors (Lipinski definition) is 4. The SMILES string of the molecule is Cc1ccc(S(=O)(=O)OC(N)C(C(F)(F)F)C(F)(F)F)cc1. The standard InChI is InChI=1S/C11H11F6NO3S/c1-6-2-4-7(5-3-6)22(19,20)21-9(18)8(10(12,13)14)11(15,16)17/h2-5,8-9H,18H2,1H3. The molecule has 1 unspecified atom stereocenters. The minimum Gasteiger partial charge on any atom is -0.304 e. The molecule has 4 nitrogen and oxygen atoms in total. The minimum atomic E-state index is -5.81. The molecule has 0 aliphatic heterocycles. The lowest BCUT2D eigenvalue weighted by molar-refractivity contribution is -0.302. The highest BCUT2D eigenvalue weighted by molar-refractivity contribution is 7.86. The first kappa shape index (κ1) is 18.7. The third-order valence-corrected chi connectivity index (χ3v) is 3.91. The molecule has 126 valence electrons. The van der Waals surface area contributed by atoms with Crippen molar-refractivity contribution in [2.75, 3.05) is 0 Å². The van der Waals surface area contributed by atoms with Crippen molar-refractivity contribution in [1.82, 2.24) is 0 Å². The van der Waals surface area contributed by atoms with E-state index in [1.807, 2.05) is 0 Å². The van der Waals surface area contributed by atoms with Crippen LogP contribution in [0.25, 0.3) is 0 Å². The van der Waals surface area contributed by atoms with Gasteiger partial charge in [0.1, 0.15) is 6.23 Å².